The van der Waals surface area contributed by atoms with Crippen LogP contribution < -0.4 is 10.1 Å². The maximum absolute atomic E-state index is 12.7. The van der Waals surface area contributed by atoms with Gasteiger partial charge in [-0.3, -0.25) is 4.79 Å². The summed E-state index contributed by atoms with van der Waals surface area (Å²) in [5.41, 5.74) is 2.91. The molecule has 0 aliphatic carbocycles. The van der Waals surface area contributed by atoms with Crippen LogP contribution in [0.1, 0.15) is 27.7 Å². The van der Waals surface area contributed by atoms with E-state index in [-0.39, 0.29) is 12.5 Å². The van der Waals surface area contributed by atoms with Crippen molar-refractivity contribution in [3.8, 4) is 16.9 Å². The summed E-state index contributed by atoms with van der Waals surface area (Å²) < 4.78 is 10.5. The van der Waals surface area contributed by atoms with Gasteiger partial charge in [0.1, 0.15) is 16.3 Å². The topological polar surface area (TPSA) is 64.6 Å². The molecule has 0 bridgehead atoms. The number of nitrogens with one attached hydrogen (secondary N) is 1. The molecule has 3 rings (SSSR count). The number of hydrogen-bond donors (Lipinski definition) is 1. The molecular formula is C24H23NO4S. The average Bonchev–Trinajstić information content (AvgIpc) is 3.08. The number of esters is 1. The number of rotatable bonds is 7. The fourth-order valence-electron chi connectivity index (χ4n) is 3.05. The van der Waals surface area contributed by atoms with Crippen molar-refractivity contribution in [1.82, 2.24) is 0 Å². The number of anilines is 1. The molecule has 30 heavy (non-hydrogen) atoms. The summed E-state index contributed by atoms with van der Waals surface area (Å²) in [6, 6.07) is 17.0. The van der Waals surface area contributed by atoms with Crippen molar-refractivity contribution in [2.24, 2.45) is 0 Å². The molecule has 1 N–H and O–H groups in total. The number of hydrogen-bond acceptors (Lipinski definition) is 5. The predicted molar refractivity (Wildman–Crippen MR) is 121 cm³/mol. The molecule has 6 heteroatoms. The molecule has 0 unspecified atom stereocenters. The van der Waals surface area contributed by atoms with E-state index in [1.54, 1.807) is 20.1 Å². The summed E-state index contributed by atoms with van der Waals surface area (Å²) in [5.74, 6) is -0.0689. The summed E-state index contributed by atoms with van der Waals surface area (Å²) in [7, 11) is 1.59. The highest BCUT2D eigenvalue weighted by Gasteiger charge is 2.25. The highest BCUT2D eigenvalue weighted by atomic mass is 32.1. The van der Waals surface area contributed by atoms with Gasteiger partial charge in [0.2, 0.25) is 5.91 Å². The molecule has 0 saturated heterocycles. The van der Waals surface area contributed by atoms with Crippen molar-refractivity contribution in [3.05, 3.63) is 76.7 Å². The van der Waals surface area contributed by atoms with Gasteiger partial charge in [-0.25, -0.2) is 4.79 Å². The Morgan fingerprint density at radius 2 is 1.87 bits per heavy atom. The van der Waals surface area contributed by atoms with Gasteiger partial charge in [-0.2, -0.15) is 0 Å². The highest BCUT2D eigenvalue weighted by Crippen LogP contribution is 2.40. The van der Waals surface area contributed by atoms with E-state index in [0.717, 1.165) is 21.6 Å². The maximum atomic E-state index is 12.7. The Balaban J connectivity index is 1.90. The Morgan fingerprint density at radius 3 is 2.57 bits per heavy atom. The van der Waals surface area contributed by atoms with Crippen LogP contribution in [0.5, 0.6) is 5.75 Å². The van der Waals surface area contributed by atoms with Crippen molar-refractivity contribution in [1.29, 1.82) is 0 Å². The van der Waals surface area contributed by atoms with Crippen molar-refractivity contribution in [2.45, 2.75) is 13.8 Å². The standard InChI is InChI=1S/C24H23NO4S/c1-4-29-24(27)22-21(18-10-6-5-7-11-18)16(2)30-23(22)25-20(26)14-13-17-9-8-12-19(15-17)28-3/h5-15H,4H2,1-3H3,(H,25,26)/b14-13+. The zero-order chi connectivity index (χ0) is 21.5. The summed E-state index contributed by atoms with van der Waals surface area (Å²) >= 11 is 1.36. The van der Waals surface area contributed by atoms with E-state index in [2.05, 4.69) is 5.32 Å². The van der Waals surface area contributed by atoms with E-state index < -0.39 is 5.97 Å². The van der Waals surface area contributed by atoms with Gasteiger partial charge in [-0.1, -0.05) is 42.5 Å². The number of benzene rings is 2. The van der Waals surface area contributed by atoms with E-state index in [9.17, 15) is 9.59 Å². The van der Waals surface area contributed by atoms with Crippen molar-refractivity contribution in [2.75, 3.05) is 19.0 Å². The van der Waals surface area contributed by atoms with E-state index in [4.69, 9.17) is 9.47 Å². The number of aryl methyl sites for hydroxylation is 1. The lowest BCUT2D eigenvalue weighted by atomic mass is 10.0. The van der Waals surface area contributed by atoms with E-state index >= 15 is 0 Å². The number of carbonyl (C=O) groups excluding carboxylic acids is 2. The fourth-order valence-corrected chi connectivity index (χ4v) is 4.12. The number of ether oxygens (including phenoxy) is 2. The number of methoxy groups -OCH3 is 1. The number of thiophene rings is 1. The van der Waals surface area contributed by atoms with Gasteiger partial charge >= 0.3 is 5.97 Å². The second-order valence-corrected chi connectivity index (χ2v) is 7.65. The van der Waals surface area contributed by atoms with Gasteiger partial charge in [0.05, 0.1) is 13.7 Å². The molecular weight excluding hydrogens is 398 g/mol. The minimum Gasteiger partial charge on any atom is -0.497 e. The second-order valence-electron chi connectivity index (χ2n) is 6.42. The second kappa shape index (κ2) is 9.89. The Hall–Kier alpha value is -3.38. The van der Waals surface area contributed by atoms with Crippen LogP contribution in [0.4, 0.5) is 5.00 Å². The molecule has 0 aliphatic rings. The molecule has 0 radical (unpaired) electrons. The number of carbonyl (C=O) groups is 2. The molecule has 0 spiro atoms. The van der Waals surface area contributed by atoms with Crippen molar-refractivity contribution < 1.29 is 19.1 Å². The summed E-state index contributed by atoms with van der Waals surface area (Å²) in [6.45, 7) is 3.94. The lowest BCUT2D eigenvalue weighted by Crippen LogP contribution is -2.12. The molecule has 5 nitrogen and oxygen atoms in total. The van der Waals surface area contributed by atoms with E-state index in [1.807, 2.05) is 61.5 Å². The van der Waals surface area contributed by atoms with Gasteiger partial charge in [-0.15, -0.1) is 11.3 Å². The van der Waals surface area contributed by atoms with Crippen LogP contribution in [0.15, 0.2) is 60.7 Å². The van der Waals surface area contributed by atoms with Crippen LogP contribution in [-0.2, 0) is 9.53 Å². The summed E-state index contributed by atoms with van der Waals surface area (Å²) in [5, 5.41) is 3.32. The van der Waals surface area contributed by atoms with Crippen LogP contribution in [0.25, 0.3) is 17.2 Å². The van der Waals surface area contributed by atoms with Gasteiger partial charge < -0.3 is 14.8 Å². The predicted octanol–water partition coefficient (Wildman–Crippen LogP) is 5.56. The van der Waals surface area contributed by atoms with Crippen LogP contribution >= 0.6 is 11.3 Å². The molecule has 0 atom stereocenters. The molecule has 154 valence electrons. The maximum Gasteiger partial charge on any atom is 0.341 e. The van der Waals surface area contributed by atoms with Crippen LogP contribution in [0.3, 0.4) is 0 Å². The van der Waals surface area contributed by atoms with Gasteiger partial charge in [-0.05, 0) is 43.2 Å². The third-order valence-corrected chi connectivity index (χ3v) is 5.40. The molecule has 1 aromatic heterocycles. The Morgan fingerprint density at radius 1 is 1.10 bits per heavy atom. The quantitative estimate of drug-likeness (QED) is 0.401. The van der Waals surface area contributed by atoms with Crippen LogP contribution in [-0.4, -0.2) is 25.6 Å². The molecule has 2 aromatic carbocycles. The van der Waals surface area contributed by atoms with Crippen molar-refractivity contribution >= 4 is 34.3 Å². The molecule has 1 heterocycles. The smallest absolute Gasteiger partial charge is 0.341 e. The minimum atomic E-state index is -0.451. The third-order valence-electron chi connectivity index (χ3n) is 4.38. The zero-order valence-corrected chi connectivity index (χ0v) is 17.9. The first kappa shape index (κ1) is 21.3. The average molecular weight is 422 g/mol. The first-order chi connectivity index (χ1) is 14.5. The minimum absolute atomic E-state index is 0.255. The highest BCUT2D eigenvalue weighted by molar-refractivity contribution is 7.17. The number of amides is 1. The summed E-state index contributed by atoms with van der Waals surface area (Å²) in [4.78, 5) is 26.2. The van der Waals surface area contributed by atoms with E-state index in [0.29, 0.717) is 16.3 Å². The van der Waals surface area contributed by atoms with Crippen LogP contribution in [0.2, 0.25) is 0 Å². The lowest BCUT2D eigenvalue weighted by Gasteiger charge is -2.08. The monoisotopic (exact) mass is 421 g/mol. The normalized spacial score (nSPS) is 10.8. The Labute approximate surface area is 180 Å². The van der Waals surface area contributed by atoms with Crippen LogP contribution in [0, 0.1) is 6.92 Å². The van der Waals surface area contributed by atoms with Gasteiger partial charge in [0.25, 0.3) is 0 Å². The first-order valence-electron chi connectivity index (χ1n) is 9.52. The summed E-state index contributed by atoms with van der Waals surface area (Å²) in [6.07, 6.45) is 3.13. The largest absolute Gasteiger partial charge is 0.497 e. The SMILES string of the molecule is CCOC(=O)c1c(NC(=O)/C=C/c2cccc(OC)c2)sc(C)c1-c1ccccc1. The Bertz CT molecular complexity index is 1070. The van der Waals surface area contributed by atoms with E-state index in [1.165, 1.54) is 17.4 Å². The molecule has 0 saturated carbocycles. The molecule has 3 aromatic rings. The fraction of sp³-hybridized carbons (Fsp3) is 0.167. The zero-order valence-electron chi connectivity index (χ0n) is 17.1. The molecule has 0 aliphatic heterocycles. The lowest BCUT2D eigenvalue weighted by molar-refractivity contribution is -0.111. The molecule has 1 amide bonds. The third kappa shape index (κ3) is 4.96. The van der Waals surface area contributed by atoms with Gasteiger partial charge in [0.15, 0.2) is 0 Å². The molecule has 0 fully saturated rings. The van der Waals surface area contributed by atoms with Crippen molar-refractivity contribution in [3.63, 3.8) is 0 Å². The first-order valence-corrected chi connectivity index (χ1v) is 10.3. The van der Waals surface area contributed by atoms with Gasteiger partial charge in [0, 0.05) is 16.5 Å². The Kier molecular flexibility index (Phi) is 7.03.